The van der Waals surface area contributed by atoms with Crippen molar-refractivity contribution in [3.05, 3.63) is 35.4 Å². The van der Waals surface area contributed by atoms with Crippen LogP contribution in [0.1, 0.15) is 5.56 Å². The van der Waals surface area contributed by atoms with Crippen molar-refractivity contribution in [2.24, 2.45) is 0 Å². The van der Waals surface area contributed by atoms with Gasteiger partial charge in [0, 0.05) is 13.1 Å². The highest BCUT2D eigenvalue weighted by Gasteiger charge is 2.24. The highest BCUT2D eigenvalue weighted by atomic mass is 35.5. The molecular weight excluding hydrogens is 288 g/mol. The fourth-order valence-corrected chi connectivity index (χ4v) is 3.26. The van der Waals surface area contributed by atoms with Crippen LogP contribution in [0.5, 0.6) is 0 Å². The van der Waals surface area contributed by atoms with E-state index in [-0.39, 0.29) is 30.3 Å². The molecule has 0 saturated heterocycles. The number of aryl methyl sites for hydroxylation is 1. The largest absolute Gasteiger partial charge is 0.397 e. The van der Waals surface area contributed by atoms with E-state index in [9.17, 15) is 8.42 Å². The second-order valence-electron chi connectivity index (χ2n) is 4.02. The van der Waals surface area contributed by atoms with Gasteiger partial charge in [-0.2, -0.15) is 4.31 Å². The molecule has 106 valence electrons. The van der Waals surface area contributed by atoms with Crippen LogP contribution in [0.25, 0.3) is 0 Å². The Morgan fingerprint density at radius 3 is 2.63 bits per heavy atom. The van der Waals surface area contributed by atoms with Crippen molar-refractivity contribution in [3.8, 4) is 0 Å². The Morgan fingerprint density at radius 2 is 2.16 bits per heavy atom. The summed E-state index contributed by atoms with van der Waals surface area (Å²) in [5.74, 6) is 0. The average Bonchev–Trinajstić information content (AvgIpc) is 2.35. The molecule has 3 N–H and O–H groups in total. The Morgan fingerprint density at radius 1 is 1.53 bits per heavy atom. The van der Waals surface area contributed by atoms with Gasteiger partial charge in [-0.25, -0.2) is 8.42 Å². The van der Waals surface area contributed by atoms with Crippen LogP contribution in [0.2, 0.25) is 5.02 Å². The van der Waals surface area contributed by atoms with Gasteiger partial charge in [-0.15, -0.1) is 6.58 Å². The topological polar surface area (TPSA) is 83.6 Å². The van der Waals surface area contributed by atoms with Crippen molar-refractivity contribution >= 4 is 27.3 Å². The number of rotatable bonds is 6. The third kappa shape index (κ3) is 3.48. The van der Waals surface area contributed by atoms with Gasteiger partial charge in [0.1, 0.15) is 0 Å². The number of halogens is 1. The minimum Gasteiger partial charge on any atom is -0.397 e. The normalized spacial score (nSPS) is 11.8. The number of nitrogen functional groups attached to an aromatic ring is 1. The quantitative estimate of drug-likeness (QED) is 0.614. The Bertz CT molecular complexity index is 549. The van der Waals surface area contributed by atoms with Crippen LogP contribution in [0.3, 0.4) is 0 Å². The van der Waals surface area contributed by atoms with Crippen LogP contribution in [0.4, 0.5) is 5.69 Å². The van der Waals surface area contributed by atoms with Crippen molar-refractivity contribution < 1.29 is 13.5 Å². The number of hydrogen-bond donors (Lipinski definition) is 2. The highest BCUT2D eigenvalue weighted by Crippen LogP contribution is 2.28. The minimum absolute atomic E-state index is 0.00404. The summed E-state index contributed by atoms with van der Waals surface area (Å²) in [4.78, 5) is 0.0576. The maximum absolute atomic E-state index is 12.4. The van der Waals surface area contributed by atoms with E-state index in [2.05, 4.69) is 6.58 Å². The molecule has 0 spiro atoms. The lowest BCUT2D eigenvalue weighted by Crippen LogP contribution is -2.33. The molecule has 1 aromatic rings. The van der Waals surface area contributed by atoms with Gasteiger partial charge >= 0.3 is 0 Å². The summed E-state index contributed by atoms with van der Waals surface area (Å²) in [7, 11) is -3.72. The third-order valence-corrected chi connectivity index (χ3v) is 4.94. The van der Waals surface area contributed by atoms with E-state index in [0.29, 0.717) is 10.6 Å². The van der Waals surface area contributed by atoms with Crippen LogP contribution in [-0.2, 0) is 10.0 Å². The van der Waals surface area contributed by atoms with E-state index in [1.807, 2.05) is 0 Å². The molecular formula is C12H17ClN2O3S. The maximum atomic E-state index is 12.4. The molecule has 0 radical (unpaired) electrons. The van der Waals surface area contributed by atoms with E-state index in [1.54, 1.807) is 6.92 Å². The van der Waals surface area contributed by atoms with Crippen LogP contribution in [0.15, 0.2) is 29.7 Å². The smallest absolute Gasteiger partial charge is 0.243 e. The van der Waals surface area contributed by atoms with Gasteiger partial charge < -0.3 is 10.8 Å². The first-order chi connectivity index (χ1) is 8.84. The highest BCUT2D eigenvalue weighted by molar-refractivity contribution is 7.89. The molecule has 0 bridgehead atoms. The second-order valence-corrected chi connectivity index (χ2v) is 6.33. The lowest BCUT2D eigenvalue weighted by Gasteiger charge is -2.20. The van der Waals surface area contributed by atoms with Gasteiger partial charge in [0.05, 0.1) is 22.2 Å². The summed E-state index contributed by atoms with van der Waals surface area (Å²) in [6.45, 7) is 5.03. The number of anilines is 1. The Hall–Kier alpha value is -1.08. The van der Waals surface area contributed by atoms with Crippen molar-refractivity contribution in [1.29, 1.82) is 0 Å². The minimum atomic E-state index is -3.72. The Balaban J connectivity index is 3.28. The molecule has 0 aliphatic rings. The molecule has 0 saturated carbocycles. The standard InChI is InChI=1S/C12H17ClN2O3S/c1-3-4-15(5-6-16)19(17,18)10-7-9(2)12(13)11(14)8-10/h3,7-8,16H,1,4-6,14H2,2H3. The number of nitrogens with two attached hydrogens (primary N) is 1. The van der Waals surface area contributed by atoms with Crippen LogP contribution < -0.4 is 5.73 Å². The predicted molar refractivity (Wildman–Crippen MR) is 76.6 cm³/mol. The van der Waals surface area contributed by atoms with Crippen molar-refractivity contribution in [3.63, 3.8) is 0 Å². The van der Waals surface area contributed by atoms with E-state index >= 15 is 0 Å². The van der Waals surface area contributed by atoms with Gasteiger partial charge in [0.25, 0.3) is 0 Å². The van der Waals surface area contributed by atoms with Gasteiger partial charge in [0.2, 0.25) is 10.0 Å². The molecule has 0 fully saturated rings. The molecule has 0 heterocycles. The van der Waals surface area contributed by atoms with Gasteiger partial charge in [0.15, 0.2) is 0 Å². The fraction of sp³-hybridized carbons (Fsp3) is 0.333. The number of aliphatic hydroxyl groups excluding tert-OH is 1. The third-order valence-electron chi connectivity index (χ3n) is 2.58. The summed E-state index contributed by atoms with van der Waals surface area (Å²) in [5.41, 5.74) is 6.48. The predicted octanol–water partition coefficient (Wildman–Crippen LogP) is 1.40. The zero-order valence-corrected chi connectivity index (χ0v) is 12.2. The fourth-order valence-electron chi connectivity index (χ4n) is 1.63. The number of sulfonamides is 1. The zero-order chi connectivity index (χ0) is 14.6. The first-order valence-corrected chi connectivity index (χ1v) is 7.44. The summed E-state index contributed by atoms with van der Waals surface area (Å²) in [6, 6.07) is 2.78. The molecule has 7 heteroatoms. The molecule has 19 heavy (non-hydrogen) atoms. The molecule has 5 nitrogen and oxygen atoms in total. The molecule has 1 rings (SSSR count). The number of hydrogen-bond acceptors (Lipinski definition) is 4. The molecule has 0 atom stereocenters. The number of aliphatic hydroxyl groups is 1. The Kier molecular flexibility index (Phi) is 5.37. The van der Waals surface area contributed by atoms with Gasteiger partial charge in [-0.3, -0.25) is 0 Å². The van der Waals surface area contributed by atoms with Crippen molar-refractivity contribution in [1.82, 2.24) is 4.31 Å². The zero-order valence-electron chi connectivity index (χ0n) is 10.6. The molecule has 1 aromatic carbocycles. The SMILES string of the molecule is C=CCN(CCO)S(=O)(=O)c1cc(C)c(Cl)c(N)c1. The monoisotopic (exact) mass is 304 g/mol. The maximum Gasteiger partial charge on any atom is 0.243 e. The van der Waals surface area contributed by atoms with Crippen LogP contribution in [0, 0.1) is 6.92 Å². The molecule has 0 aliphatic heterocycles. The van der Waals surface area contributed by atoms with E-state index in [1.165, 1.54) is 18.2 Å². The first-order valence-electron chi connectivity index (χ1n) is 5.62. The lowest BCUT2D eigenvalue weighted by molar-refractivity contribution is 0.260. The molecule has 0 aromatic heterocycles. The summed E-state index contributed by atoms with van der Waals surface area (Å²) in [5, 5.41) is 9.28. The van der Waals surface area contributed by atoms with Gasteiger partial charge in [-0.1, -0.05) is 17.7 Å². The van der Waals surface area contributed by atoms with E-state index < -0.39 is 10.0 Å². The average molecular weight is 305 g/mol. The summed E-state index contributed by atoms with van der Waals surface area (Å²) >= 11 is 5.91. The number of benzene rings is 1. The van der Waals surface area contributed by atoms with Crippen molar-refractivity contribution in [2.75, 3.05) is 25.4 Å². The molecule has 0 unspecified atom stereocenters. The second kappa shape index (κ2) is 6.38. The van der Waals surface area contributed by atoms with Crippen LogP contribution in [-0.4, -0.2) is 37.5 Å². The summed E-state index contributed by atoms with van der Waals surface area (Å²) < 4.78 is 25.9. The Labute approximate surface area is 118 Å². The lowest BCUT2D eigenvalue weighted by atomic mass is 10.2. The first kappa shape index (κ1) is 16.0. The molecule has 0 aliphatic carbocycles. The summed E-state index contributed by atoms with van der Waals surface area (Å²) in [6.07, 6.45) is 1.46. The molecule has 0 amide bonds. The number of nitrogens with zero attached hydrogens (tertiary/aromatic N) is 1. The van der Waals surface area contributed by atoms with E-state index in [4.69, 9.17) is 22.4 Å². The van der Waals surface area contributed by atoms with Crippen LogP contribution >= 0.6 is 11.6 Å². The van der Waals surface area contributed by atoms with Crippen molar-refractivity contribution in [2.45, 2.75) is 11.8 Å². The van der Waals surface area contributed by atoms with E-state index in [0.717, 1.165) is 4.31 Å². The van der Waals surface area contributed by atoms with Gasteiger partial charge in [-0.05, 0) is 24.6 Å².